The van der Waals surface area contributed by atoms with Crippen molar-refractivity contribution in [2.75, 3.05) is 5.73 Å². The molecule has 0 radical (unpaired) electrons. The summed E-state index contributed by atoms with van der Waals surface area (Å²) in [7, 11) is 0. The van der Waals surface area contributed by atoms with Crippen molar-refractivity contribution in [2.24, 2.45) is 0 Å². The first-order valence-electron chi connectivity index (χ1n) is 6.79. The fourth-order valence-electron chi connectivity index (χ4n) is 2.28. The highest BCUT2D eigenvalue weighted by Crippen LogP contribution is 2.27. The molecule has 0 spiro atoms. The number of carbonyl (C=O) groups excluding carboxylic acids is 1. The third kappa shape index (κ3) is 2.70. The Kier molecular flexibility index (Phi) is 4.46. The zero-order valence-corrected chi connectivity index (χ0v) is 12.5. The van der Waals surface area contributed by atoms with E-state index in [2.05, 4.69) is 13.0 Å². The first-order valence-corrected chi connectivity index (χ1v) is 7.16. The van der Waals surface area contributed by atoms with E-state index in [1.54, 1.807) is 18.2 Å². The van der Waals surface area contributed by atoms with Crippen LogP contribution in [-0.4, -0.2) is 5.78 Å². The lowest BCUT2D eigenvalue weighted by Crippen LogP contribution is -2.09. The zero-order chi connectivity index (χ0) is 14.7. The molecule has 0 aliphatic carbocycles. The number of aryl methyl sites for hydroxylation is 2. The predicted molar refractivity (Wildman–Crippen MR) is 84.5 cm³/mol. The molecule has 0 unspecified atom stereocenters. The quantitative estimate of drug-likeness (QED) is 0.674. The monoisotopic (exact) mass is 287 g/mol. The van der Waals surface area contributed by atoms with Gasteiger partial charge in [0, 0.05) is 11.3 Å². The average molecular weight is 288 g/mol. The van der Waals surface area contributed by atoms with Crippen LogP contribution in [-0.2, 0) is 12.8 Å². The van der Waals surface area contributed by atoms with E-state index in [0.29, 0.717) is 21.8 Å². The lowest BCUT2D eigenvalue weighted by molar-refractivity contribution is 0.103. The molecule has 0 bridgehead atoms. The van der Waals surface area contributed by atoms with Gasteiger partial charge in [0.25, 0.3) is 0 Å². The molecule has 0 fully saturated rings. The second-order valence-electron chi connectivity index (χ2n) is 4.73. The molecule has 20 heavy (non-hydrogen) atoms. The van der Waals surface area contributed by atoms with Gasteiger partial charge in [0.2, 0.25) is 0 Å². The summed E-state index contributed by atoms with van der Waals surface area (Å²) in [4.78, 5) is 12.8. The van der Waals surface area contributed by atoms with E-state index in [9.17, 15) is 4.79 Å². The molecule has 0 atom stereocenters. The first-order chi connectivity index (χ1) is 9.58. The number of ketones is 1. The van der Waals surface area contributed by atoms with Gasteiger partial charge in [-0.25, -0.2) is 0 Å². The molecule has 0 aromatic heterocycles. The lowest BCUT2D eigenvalue weighted by Gasteiger charge is -2.12. The summed E-state index contributed by atoms with van der Waals surface area (Å²) in [6.07, 6.45) is 1.69. The second kappa shape index (κ2) is 6.10. The second-order valence-corrected chi connectivity index (χ2v) is 5.14. The third-order valence-corrected chi connectivity index (χ3v) is 3.80. The number of anilines is 1. The van der Waals surface area contributed by atoms with Crippen molar-refractivity contribution in [2.45, 2.75) is 26.7 Å². The van der Waals surface area contributed by atoms with Crippen LogP contribution in [0, 0.1) is 0 Å². The molecule has 3 heteroatoms. The first kappa shape index (κ1) is 14.6. The number of carbonyl (C=O) groups is 1. The topological polar surface area (TPSA) is 43.1 Å². The molecule has 0 aliphatic rings. The van der Waals surface area contributed by atoms with Crippen LogP contribution in [0.15, 0.2) is 36.4 Å². The Balaban J connectivity index is 2.58. The van der Waals surface area contributed by atoms with Crippen LogP contribution in [0.4, 0.5) is 5.69 Å². The standard InChI is InChI=1S/C17H18ClNO/c1-3-11-8-9-12(4-2)13(10-11)17(20)16-14(18)6-5-7-15(16)19/h5-10H,3-4,19H2,1-2H3. The fraction of sp³-hybridized carbons (Fsp3) is 0.235. The summed E-state index contributed by atoms with van der Waals surface area (Å²) in [6, 6.07) is 11.2. The number of benzene rings is 2. The van der Waals surface area contributed by atoms with Crippen molar-refractivity contribution in [3.63, 3.8) is 0 Å². The molecule has 0 saturated carbocycles. The Morgan fingerprint density at radius 1 is 1.15 bits per heavy atom. The maximum Gasteiger partial charge on any atom is 0.196 e. The number of nitrogens with two attached hydrogens (primary N) is 1. The van der Waals surface area contributed by atoms with Crippen molar-refractivity contribution in [1.82, 2.24) is 0 Å². The Bertz CT molecular complexity index is 629. The Morgan fingerprint density at radius 3 is 2.50 bits per heavy atom. The number of hydrogen-bond donors (Lipinski definition) is 1. The molecule has 2 aromatic rings. The van der Waals surface area contributed by atoms with Gasteiger partial charge in [-0.05, 0) is 42.2 Å². The molecule has 0 amide bonds. The van der Waals surface area contributed by atoms with Gasteiger partial charge >= 0.3 is 0 Å². The van der Waals surface area contributed by atoms with Crippen molar-refractivity contribution in [3.05, 3.63) is 63.7 Å². The Hall–Kier alpha value is -1.80. The van der Waals surface area contributed by atoms with E-state index < -0.39 is 0 Å². The van der Waals surface area contributed by atoms with E-state index in [1.807, 2.05) is 19.1 Å². The number of nitrogen functional groups attached to an aromatic ring is 1. The van der Waals surface area contributed by atoms with E-state index in [4.69, 9.17) is 17.3 Å². The Morgan fingerprint density at radius 2 is 1.90 bits per heavy atom. The largest absolute Gasteiger partial charge is 0.398 e. The minimum Gasteiger partial charge on any atom is -0.398 e. The summed E-state index contributed by atoms with van der Waals surface area (Å²) in [5.74, 6) is -0.0970. The van der Waals surface area contributed by atoms with Crippen LogP contribution < -0.4 is 5.73 Å². The SMILES string of the molecule is CCc1ccc(CC)c(C(=O)c2c(N)cccc2Cl)c1. The molecule has 104 valence electrons. The predicted octanol–water partition coefficient (Wildman–Crippen LogP) is 4.28. The van der Waals surface area contributed by atoms with Crippen LogP contribution >= 0.6 is 11.6 Å². The van der Waals surface area contributed by atoms with Gasteiger partial charge in [0.1, 0.15) is 0 Å². The minimum atomic E-state index is -0.0970. The van der Waals surface area contributed by atoms with Gasteiger partial charge in [-0.2, -0.15) is 0 Å². The lowest BCUT2D eigenvalue weighted by atomic mass is 9.93. The summed E-state index contributed by atoms with van der Waals surface area (Å²) in [5, 5.41) is 0.402. The van der Waals surface area contributed by atoms with Gasteiger partial charge in [0.15, 0.2) is 5.78 Å². The molecular formula is C17H18ClNO. The van der Waals surface area contributed by atoms with Gasteiger partial charge in [-0.1, -0.05) is 43.6 Å². The highest BCUT2D eigenvalue weighted by atomic mass is 35.5. The van der Waals surface area contributed by atoms with Crippen LogP contribution in [0.5, 0.6) is 0 Å². The van der Waals surface area contributed by atoms with Gasteiger partial charge < -0.3 is 5.73 Å². The molecule has 2 nitrogen and oxygen atoms in total. The smallest absolute Gasteiger partial charge is 0.196 e. The van der Waals surface area contributed by atoms with Crippen molar-refractivity contribution < 1.29 is 4.79 Å². The molecular weight excluding hydrogens is 270 g/mol. The van der Waals surface area contributed by atoms with Crippen LogP contribution in [0.3, 0.4) is 0 Å². The maximum atomic E-state index is 12.8. The summed E-state index contributed by atoms with van der Waals surface area (Å²) < 4.78 is 0. The highest BCUT2D eigenvalue weighted by molar-refractivity contribution is 6.36. The maximum absolute atomic E-state index is 12.8. The van der Waals surface area contributed by atoms with Gasteiger partial charge in [-0.15, -0.1) is 0 Å². The van der Waals surface area contributed by atoms with E-state index >= 15 is 0 Å². The zero-order valence-electron chi connectivity index (χ0n) is 11.7. The van der Waals surface area contributed by atoms with E-state index in [-0.39, 0.29) is 5.78 Å². The molecule has 0 aliphatic heterocycles. The van der Waals surface area contributed by atoms with Gasteiger partial charge in [-0.3, -0.25) is 4.79 Å². The van der Waals surface area contributed by atoms with Crippen molar-refractivity contribution >= 4 is 23.1 Å². The summed E-state index contributed by atoms with van der Waals surface area (Å²) in [5.41, 5.74) is 9.60. The average Bonchev–Trinajstić information content (AvgIpc) is 2.46. The van der Waals surface area contributed by atoms with Gasteiger partial charge in [0.05, 0.1) is 10.6 Å². The number of halogens is 1. The summed E-state index contributed by atoms with van der Waals surface area (Å²) in [6.45, 7) is 4.10. The van der Waals surface area contributed by atoms with Crippen LogP contribution in [0.2, 0.25) is 5.02 Å². The molecule has 2 N–H and O–H groups in total. The van der Waals surface area contributed by atoms with Crippen molar-refractivity contribution in [3.8, 4) is 0 Å². The minimum absolute atomic E-state index is 0.0970. The number of hydrogen-bond acceptors (Lipinski definition) is 2. The molecule has 2 rings (SSSR count). The number of rotatable bonds is 4. The Labute approximate surface area is 124 Å². The van der Waals surface area contributed by atoms with Crippen LogP contribution in [0.1, 0.15) is 40.9 Å². The fourth-order valence-corrected chi connectivity index (χ4v) is 2.55. The van der Waals surface area contributed by atoms with E-state index in [1.165, 1.54) is 0 Å². The summed E-state index contributed by atoms with van der Waals surface area (Å²) >= 11 is 6.14. The molecule has 0 heterocycles. The molecule has 2 aromatic carbocycles. The normalized spacial score (nSPS) is 10.6. The van der Waals surface area contributed by atoms with E-state index in [0.717, 1.165) is 24.0 Å². The van der Waals surface area contributed by atoms with Crippen molar-refractivity contribution in [1.29, 1.82) is 0 Å². The third-order valence-electron chi connectivity index (χ3n) is 3.48. The van der Waals surface area contributed by atoms with Crippen LogP contribution in [0.25, 0.3) is 0 Å². The highest BCUT2D eigenvalue weighted by Gasteiger charge is 2.18. The molecule has 0 saturated heterocycles.